The zero-order valence-corrected chi connectivity index (χ0v) is 14.5. The van der Waals surface area contributed by atoms with Gasteiger partial charge < -0.3 is 25.8 Å². The molecular weight excluding hydrogens is 375 g/mol. The predicted molar refractivity (Wildman–Crippen MR) is 101 cm³/mol. The van der Waals surface area contributed by atoms with Crippen molar-refractivity contribution in [3.63, 3.8) is 0 Å². The van der Waals surface area contributed by atoms with E-state index < -0.39 is 31.1 Å². The maximum atomic E-state index is 10.2. The van der Waals surface area contributed by atoms with Crippen molar-refractivity contribution in [1.82, 2.24) is 19.5 Å². The Morgan fingerprint density at radius 1 is 1.21 bits per heavy atom. The number of hydrogen-bond donors (Lipinski definition) is 4. The Morgan fingerprint density at radius 2 is 1.96 bits per heavy atom. The molecule has 5 N–H and O–H groups in total. The Kier molecular flexibility index (Phi) is 8.16. The second kappa shape index (κ2) is 10.1. The van der Waals surface area contributed by atoms with Gasteiger partial charge in [0.05, 0.1) is 19.0 Å². The number of anilines is 1. The second-order valence-corrected chi connectivity index (χ2v) is 6.15. The molecule has 2 aromatic rings. The van der Waals surface area contributed by atoms with Crippen LogP contribution in [0.2, 0.25) is 0 Å². The molecule has 0 aliphatic carbocycles. The Morgan fingerprint density at radius 3 is 2.64 bits per heavy atom. The fourth-order valence-electron chi connectivity index (χ4n) is 2.85. The number of aliphatic hydroxyl groups excluding tert-OH is 3. The zero-order valence-electron chi connectivity index (χ0n) is 14.5. The molecule has 0 bridgehead atoms. The number of aromatic nitrogens is 4. The van der Waals surface area contributed by atoms with Crippen LogP contribution in [0, 0.1) is 23.2 Å². The Bertz CT molecular complexity index is 918. The van der Waals surface area contributed by atoms with E-state index in [-0.39, 0.29) is 41.2 Å². The van der Waals surface area contributed by atoms with Crippen LogP contribution in [0.5, 0.6) is 0 Å². The number of fused-ring (bicyclic) bond motifs is 1. The van der Waals surface area contributed by atoms with Gasteiger partial charge in [0.1, 0.15) is 23.8 Å². The number of nitrogen functional groups attached to an aromatic ring is 1. The number of nitrogens with zero attached hydrogens (tertiary/aromatic N) is 5. The molecule has 0 amide bonds. The molecule has 1 fully saturated rings. The van der Waals surface area contributed by atoms with Crippen LogP contribution < -0.4 is 5.73 Å². The summed E-state index contributed by atoms with van der Waals surface area (Å²) in [7, 11) is 0. The SMILES string of the molecule is N#CCCCCC#Cc1nc(N)c2ncn([C@@H]3O[C@H](CO)C(O)C3O)c2n1.[NaH]. The van der Waals surface area contributed by atoms with Crippen LogP contribution >= 0.6 is 0 Å². The van der Waals surface area contributed by atoms with Gasteiger partial charge in [0.25, 0.3) is 0 Å². The molecular formula is C17H21N6NaO4. The van der Waals surface area contributed by atoms with Crippen LogP contribution in [-0.2, 0) is 4.74 Å². The monoisotopic (exact) mass is 396 g/mol. The number of aliphatic hydroxyl groups is 3. The van der Waals surface area contributed by atoms with Crippen molar-refractivity contribution in [3.8, 4) is 17.9 Å². The van der Waals surface area contributed by atoms with Crippen LogP contribution in [0.25, 0.3) is 11.2 Å². The first-order valence-corrected chi connectivity index (χ1v) is 8.55. The molecule has 1 saturated heterocycles. The summed E-state index contributed by atoms with van der Waals surface area (Å²) in [6.07, 6.45) is -0.288. The number of nitriles is 1. The third-order valence-electron chi connectivity index (χ3n) is 4.28. The number of nitrogens with two attached hydrogens (primary N) is 1. The summed E-state index contributed by atoms with van der Waals surface area (Å²) in [6.45, 7) is -0.430. The molecule has 1 aliphatic heterocycles. The van der Waals surface area contributed by atoms with E-state index in [0.29, 0.717) is 24.0 Å². The van der Waals surface area contributed by atoms with Crippen LogP contribution in [-0.4, -0.2) is 89.3 Å². The summed E-state index contributed by atoms with van der Waals surface area (Å²) in [4.78, 5) is 12.6. The van der Waals surface area contributed by atoms with Gasteiger partial charge in [-0.25, -0.2) is 15.0 Å². The normalized spacial score (nSPS) is 23.6. The first-order chi connectivity index (χ1) is 13.1. The van der Waals surface area contributed by atoms with Crippen LogP contribution in [0.15, 0.2) is 6.33 Å². The van der Waals surface area contributed by atoms with Gasteiger partial charge in [0.15, 0.2) is 17.7 Å². The van der Waals surface area contributed by atoms with Gasteiger partial charge in [-0.15, -0.1) is 0 Å². The van der Waals surface area contributed by atoms with E-state index >= 15 is 0 Å². The second-order valence-electron chi connectivity index (χ2n) is 6.15. The first kappa shape index (κ1) is 22.5. The Hall–Kier alpha value is -1.76. The molecule has 11 heteroatoms. The van der Waals surface area contributed by atoms with Crippen molar-refractivity contribution in [1.29, 1.82) is 5.26 Å². The summed E-state index contributed by atoms with van der Waals surface area (Å²) in [5.41, 5.74) is 6.57. The molecule has 28 heavy (non-hydrogen) atoms. The van der Waals surface area contributed by atoms with Gasteiger partial charge in [0.2, 0.25) is 5.82 Å². The molecule has 2 aromatic heterocycles. The van der Waals surface area contributed by atoms with E-state index in [9.17, 15) is 15.3 Å². The average Bonchev–Trinajstić information content (AvgIpc) is 3.20. The molecule has 1 aliphatic rings. The summed E-state index contributed by atoms with van der Waals surface area (Å²) in [6, 6.07) is 2.08. The van der Waals surface area contributed by atoms with Crippen molar-refractivity contribution in [3.05, 3.63) is 12.2 Å². The van der Waals surface area contributed by atoms with Gasteiger partial charge in [0, 0.05) is 12.8 Å². The molecule has 0 radical (unpaired) electrons. The Labute approximate surface area is 183 Å². The third kappa shape index (κ3) is 4.62. The van der Waals surface area contributed by atoms with E-state index in [1.165, 1.54) is 10.9 Å². The number of hydrogen-bond acceptors (Lipinski definition) is 9. The van der Waals surface area contributed by atoms with Crippen LogP contribution in [0.1, 0.15) is 37.7 Å². The number of unbranched alkanes of at least 4 members (excludes halogenated alkanes) is 3. The summed E-state index contributed by atoms with van der Waals surface area (Å²) in [5, 5.41) is 37.9. The van der Waals surface area contributed by atoms with Crippen LogP contribution in [0.4, 0.5) is 5.82 Å². The van der Waals surface area contributed by atoms with E-state index in [0.717, 1.165) is 12.8 Å². The molecule has 3 rings (SSSR count). The molecule has 0 spiro atoms. The van der Waals surface area contributed by atoms with Crippen molar-refractivity contribution in [2.75, 3.05) is 12.3 Å². The molecule has 10 nitrogen and oxygen atoms in total. The predicted octanol–water partition coefficient (Wildman–Crippen LogP) is -1.19. The molecule has 144 valence electrons. The number of imidazole rings is 1. The van der Waals surface area contributed by atoms with Crippen molar-refractivity contribution >= 4 is 46.5 Å². The van der Waals surface area contributed by atoms with E-state index in [1.54, 1.807) is 0 Å². The van der Waals surface area contributed by atoms with E-state index in [4.69, 9.17) is 15.7 Å². The van der Waals surface area contributed by atoms with Gasteiger partial charge >= 0.3 is 29.6 Å². The van der Waals surface area contributed by atoms with E-state index in [2.05, 4.69) is 32.9 Å². The molecule has 2 unspecified atom stereocenters. The van der Waals surface area contributed by atoms with Gasteiger partial charge in [-0.05, 0) is 18.8 Å². The van der Waals surface area contributed by atoms with Crippen molar-refractivity contribution < 1.29 is 20.1 Å². The fourth-order valence-corrected chi connectivity index (χ4v) is 2.85. The van der Waals surface area contributed by atoms with Gasteiger partial charge in [-0.3, -0.25) is 4.57 Å². The van der Waals surface area contributed by atoms with Gasteiger partial charge in [-0.2, -0.15) is 5.26 Å². The summed E-state index contributed by atoms with van der Waals surface area (Å²) < 4.78 is 6.95. The maximum absolute atomic E-state index is 10.2. The standard InChI is InChI=1S/C17H20N6O4.Na.H/c18-7-5-3-1-2-4-6-11-21-15(19)12-16(22-11)23(9-20-12)17-14(26)13(25)10(8-24)27-17;;/h9-10,13-14,17,24-26H,1-3,5,8H2,(H2,19,21,22);;/t10-,13?,14?,17-;;/m1../s1. The third-order valence-corrected chi connectivity index (χ3v) is 4.28. The topological polar surface area (TPSA) is 163 Å². The fraction of sp³-hybridized carbons (Fsp3) is 0.529. The molecule has 0 aromatic carbocycles. The molecule has 4 atom stereocenters. The summed E-state index contributed by atoms with van der Waals surface area (Å²) in [5.74, 6) is 6.12. The zero-order chi connectivity index (χ0) is 19.4. The van der Waals surface area contributed by atoms with Crippen molar-refractivity contribution in [2.45, 2.75) is 50.2 Å². The average molecular weight is 396 g/mol. The number of ether oxygens (including phenoxy) is 1. The van der Waals surface area contributed by atoms with Crippen LogP contribution in [0.3, 0.4) is 0 Å². The Balaban J connectivity index is 0.00000280. The van der Waals surface area contributed by atoms with Gasteiger partial charge in [-0.1, -0.05) is 5.92 Å². The van der Waals surface area contributed by atoms with E-state index in [1.807, 2.05) is 0 Å². The minimum absolute atomic E-state index is 0. The van der Waals surface area contributed by atoms with Crippen molar-refractivity contribution in [2.24, 2.45) is 0 Å². The number of rotatable bonds is 5. The summed E-state index contributed by atoms with van der Waals surface area (Å²) >= 11 is 0. The first-order valence-electron chi connectivity index (χ1n) is 8.55. The minimum atomic E-state index is -1.26. The molecule has 0 saturated carbocycles. The quantitative estimate of drug-likeness (QED) is 0.276. The molecule has 3 heterocycles.